The Balaban J connectivity index is 1.39. The van der Waals surface area contributed by atoms with E-state index in [0.29, 0.717) is 5.56 Å². The zero-order valence-electron chi connectivity index (χ0n) is 31.3. The van der Waals surface area contributed by atoms with Crippen LogP contribution >= 0.6 is 0 Å². The lowest BCUT2D eigenvalue weighted by Crippen LogP contribution is -2.54. The topological polar surface area (TPSA) is 299 Å². The largest absolute Gasteiger partial charge is 0.481 e. The number of rotatable bonds is 15. The molecule has 308 valence electrons. The van der Waals surface area contributed by atoms with Crippen LogP contribution in [0.15, 0.2) is 70.9 Å². The molecule has 10 N–H and O–H groups in total. The number of carbonyl (C=O) groups excluding carboxylic acids is 5. The summed E-state index contributed by atoms with van der Waals surface area (Å²) in [5, 5.41) is 35.1. The minimum absolute atomic E-state index is 0.0578. The maximum atomic E-state index is 14.3. The van der Waals surface area contributed by atoms with E-state index in [1.807, 2.05) is 18.2 Å². The molecule has 5 rings (SSSR count). The van der Waals surface area contributed by atoms with Crippen LogP contribution in [0.5, 0.6) is 0 Å². The number of hydrogen-bond donors (Lipinski definition) is 8. The van der Waals surface area contributed by atoms with E-state index in [2.05, 4.69) is 47.0 Å². The Morgan fingerprint density at radius 3 is 2.48 bits per heavy atom. The van der Waals surface area contributed by atoms with E-state index in [1.54, 1.807) is 12.1 Å². The molecule has 3 aromatic rings. The number of nitrogens with one attached hydrogen (secondary N) is 5. The molecule has 2 aromatic carbocycles. The van der Waals surface area contributed by atoms with Crippen LogP contribution in [-0.4, -0.2) is 106 Å². The van der Waals surface area contributed by atoms with Crippen molar-refractivity contribution in [2.24, 2.45) is 27.5 Å². The van der Waals surface area contributed by atoms with Crippen molar-refractivity contribution in [3.05, 3.63) is 83.4 Å². The van der Waals surface area contributed by atoms with Gasteiger partial charge in [-0.05, 0) is 61.3 Å². The van der Waals surface area contributed by atoms with Gasteiger partial charge in [-0.25, -0.2) is 9.07 Å². The maximum Gasteiger partial charge on any atom is 0.305 e. The average molecular weight is 805 g/mol. The van der Waals surface area contributed by atoms with Crippen LogP contribution in [0.1, 0.15) is 55.0 Å². The second kappa shape index (κ2) is 19.8. The summed E-state index contributed by atoms with van der Waals surface area (Å²) in [5.74, 6) is -5.80. The number of guanidine groups is 1. The highest BCUT2D eigenvalue weighted by atomic mass is 19.1. The molecular weight excluding hydrogens is 759 g/mol. The van der Waals surface area contributed by atoms with Gasteiger partial charge in [0, 0.05) is 13.1 Å². The summed E-state index contributed by atoms with van der Waals surface area (Å²) in [4.78, 5) is 87.7. The lowest BCUT2D eigenvalue weighted by Gasteiger charge is -2.24. The number of nitrogens with zero attached hydrogens (tertiary/aromatic N) is 5. The number of oxime groups is 1. The van der Waals surface area contributed by atoms with Gasteiger partial charge in [-0.3, -0.25) is 33.8 Å². The van der Waals surface area contributed by atoms with Gasteiger partial charge in [0.05, 0.1) is 31.4 Å². The molecular formula is C37H45FN12O8. The van der Waals surface area contributed by atoms with Gasteiger partial charge < -0.3 is 48.0 Å². The summed E-state index contributed by atoms with van der Waals surface area (Å²) in [6.45, 7) is -0.776. The summed E-state index contributed by atoms with van der Waals surface area (Å²) >= 11 is 0. The van der Waals surface area contributed by atoms with Crippen LogP contribution < -0.4 is 38.1 Å². The molecule has 2 heterocycles. The molecule has 1 aliphatic carbocycles. The van der Waals surface area contributed by atoms with Crippen LogP contribution in [0, 0.1) is 11.7 Å². The van der Waals surface area contributed by atoms with Crippen molar-refractivity contribution in [3.8, 4) is 0 Å². The number of amides is 5. The van der Waals surface area contributed by atoms with Gasteiger partial charge in [-0.15, -0.1) is 5.10 Å². The van der Waals surface area contributed by atoms with Gasteiger partial charge in [-0.1, -0.05) is 52.8 Å². The Labute approximate surface area is 331 Å². The summed E-state index contributed by atoms with van der Waals surface area (Å²) in [6, 6.07) is 11.0. The fraction of sp³-hybridized carbons (Fsp3) is 0.405. The van der Waals surface area contributed by atoms with Crippen molar-refractivity contribution in [1.29, 1.82) is 0 Å². The van der Waals surface area contributed by atoms with Gasteiger partial charge in [0.25, 0.3) is 5.91 Å². The normalized spacial score (nSPS) is 22.3. The molecule has 2 bridgehead atoms. The molecule has 20 nitrogen and oxygen atoms in total. The van der Waals surface area contributed by atoms with Crippen LogP contribution in [0.3, 0.4) is 0 Å². The number of nitrogens with two attached hydrogens (primary N) is 2. The van der Waals surface area contributed by atoms with E-state index >= 15 is 0 Å². The van der Waals surface area contributed by atoms with Crippen LogP contribution in [0.25, 0.3) is 0 Å². The SMILES string of the molecule is NC(N)=NCCC[C@@H]1NC(=O)[C@]2(C[C@H]2CCNC(=O)CO/N=C/c2ccc(F)cc2)n2cc(nn2)C(Cc2ccccc2)NC(=O)C(CC(=O)O)NC(=O)CNC1=O. The molecule has 1 aromatic heterocycles. The van der Waals surface area contributed by atoms with Crippen molar-refractivity contribution in [2.75, 3.05) is 26.2 Å². The smallest absolute Gasteiger partial charge is 0.305 e. The Hall–Kier alpha value is -6.93. The standard InChI is InChI=1S/C37H45FN12O8/c38-25-10-8-23(9-11-25)18-44-58-21-31(52)41-14-12-24-17-37(24)35(57)47-26(7-4-13-42-36(39)40)33(55)43-19-30(51)45-28(16-32(53)54)34(56)46-27(29-20-50(37)49-48-29)15-22-5-2-1-3-6-22/h1-3,5-6,8-11,18,20,24,26-28H,4,7,12-17,19,21H2,(H,41,52)(H,43,55)(H,45,51)(H,46,56)(H,47,57)(H,53,54)(H4,39,40,42)/b44-18+/t24-,26+,27?,28?,37-/m1/s1. The van der Waals surface area contributed by atoms with E-state index in [0.717, 1.165) is 5.56 Å². The quantitative estimate of drug-likeness (QED) is 0.0386. The summed E-state index contributed by atoms with van der Waals surface area (Å²) < 4.78 is 14.5. The van der Waals surface area contributed by atoms with Crippen LogP contribution in [-0.2, 0) is 45.6 Å². The summed E-state index contributed by atoms with van der Waals surface area (Å²) in [5.41, 5.74) is 11.1. The van der Waals surface area contributed by atoms with Crippen molar-refractivity contribution < 1.29 is 43.1 Å². The third kappa shape index (κ3) is 11.8. The Morgan fingerprint density at radius 2 is 1.76 bits per heavy atom. The Bertz CT molecular complexity index is 2010. The number of aliphatic imine (C=N–C) groups is 1. The first-order valence-corrected chi connectivity index (χ1v) is 18.4. The third-order valence-corrected chi connectivity index (χ3v) is 9.52. The van der Waals surface area contributed by atoms with Gasteiger partial charge in [0.2, 0.25) is 23.6 Å². The first kappa shape index (κ1) is 42.2. The van der Waals surface area contributed by atoms with Crippen molar-refractivity contribution in [1.82, 2.24) is 41.6 Å². The number of halogens is 1. The monoisotopic (exact) mass is 804 g/mol. The molecule has 21 heteroatoms. The predicted molar refractivity (Wildman–Crippen MR) is 204 cm³/mol. The number of benzene rings is 2. The molecule has 0 radical (unpaired) electrons. The molecule has 58 heavy (non-hydrogen) atoms. The molecule has 1 saturated carbocycles. The molecule has 1 spiro atoms. The second-order valence-electron chi connectivity index (χ2n) is 13.8. The van der Waals surface area contributed by atoms with Crippen molar-refractivity contribution in [3.63, 3.8) is 0 Å². The Morgan fingerprint density at radius 1 is 1.00 bits per heavy atom. The number of aromatic nitrogens is 3. The first-order chi connectivity index (χ1) is 27.8. The van der Waals surface area contributed by atoms with Crippen molar-refractivity contribution >= 4 is 47.7 Å². The number of carboxylic acid groups (broad SMARTS) is 1. The highest BCUT2D eigenvalue weighted by molar-refractivity contribution is 5.95. The van der Waals surface area contributed by atoms with E-state index < -0.39 is 90.5 Å². The number of hydrogen-bond acceptors (Lipinski definition) is 11. The lowest BCUT2D eigenvalue weighted by atomic mass is 10.0. The van der Waals surface area contributed by atoms with E-state index in [1.165, 1.54) is 41.4 Å². The first-order valence-electron chi connectivity index (χ1n) is 18.4. The number of fused-ring (bicyclic) bond motifs is 3. The van der Waals surface area contributed by atoms with Gasteiger partial charge in [0.15, 0.2) is 12.6 Å². The third-order valence-electron chi connectivity index (χ3n) is 9.52. The average Bonchev–Trinajstić information content (AvgIpc) is 3.70. The highest BCUT2D eigenvalue weighted by Gasteiger charge is 2.62. The molecule has 5 atom stereocenters. The number of carbonyl (C=O) groups is 6. The maximum absolute atomic E-state index is 14.3. The minimum Gasteiger partial charge on any atom is -0.481 e. The van der Waals surface area contributed by atoms with E-state index in [9.17, 15) is 38.3 Å². The van der Waals surface area contributed by atoms with Crippen LogP contribution in [0.2, 0.25) is 0 Å². The summed E-state index contributed by atoms with van der Waals surface area (Å²) in [6.07, 6.45) is 3.11. The Kier molecular flexibility index (Phi) is 14.4. The molecule has 1 aliphatic heterocycles. The number of carboxylic acids is 1. The van der Waals surface area contributed by atoms with Gasteiger partial charge in [0.1, 0.15) is 29.1 Å². The van der Waals surface area contributed by atoms with E-state index in [-0.39, 0.29) is 56.8 Å². The molecule has 0 saturated heterocycles. The number of aliphatic carboxylic acids is 1. The van der Waals surface area contributed by atoms with E-state index in [4.69, 9.17) is 16.3 Å². The second-order valence-corrected chi connectivity index (χ2v) is 13.8. The highest BCUT2D eigenvalue weighted by Crippen LogP contribution is 2.52. The van der Waals surface area contributed by atoms with Gasteiger partial charge >= 0.3 is 5.97 Å². The zero-order valence-corrected chi connectivity index (χ0v) is 31.3. The molecule has 2 unspecified atom stereocenters. The predicted octanol–water partition coefficient (Wildman–Crippen LogP) is -1.28. The molecule has 2 aliphatic rings. The fourth-order valence-corrected chi connectivity index (χ4v) is 6.46. The fourth-order valence-electron chi connectivity index (χ4n) is 6.46. The minimum atomic E-state index is -1.51. The zero-order chi connectivity index (χ0) is 41.7. The summed E-state index contributed by atoms with van der Waals surface area (Å²) in [7, 11) is 0. The lowest BCUT2D eigenvalue weighted by molar-refractivity contribution is -0.141. The molecule has 5 amide bonds. The van der Waals surface area contributed by atoms with Crippen LogP contribution in [0.4, 0.5) is 4.39 Å². The molecule has 1 fully saturated rings. The van der Waals surface area contributed by atoms with Gasteiger partial charge in [-0.2, -0.15) is 0 Å². The van der Waals surface area contributed by atoms with Crippen molar-refractivity contribution in [2.45, 2.75) is 62.2 Å².